The van der Waals surface area contributed by atoms with Gasteiger partial charge < -0.3 is 4.74 Å². The smallest absolute Gasteiger partial charge is 0.134 e. The Balaban J connectivity index is 2.10. The van der Waals surface area contributed by atoms with E-state index in [2.05, 4.69) is 0 Å². The molecule has 0 amide bonds. The fraction of sp³-hybridized carbons (Fsp3) is 0.235. The average molecular weight is 254 g/mol. The zero-order valence-electron chi connectivity index (χ0n) is 11.3. The molecular formula is C17H18O2. The van der Waals surface area contributed by atoms with Crippen LogP contribution in [0.5, 0.6) is 5.75 Å². The van der Waals surface area contributed by atoms with Crippen LogP contribution in [0.1, 0.15) is 23.6 Å². The molecule has 19 heavy (non-hydrogen) atoms. The van der Waals surface area contributed by atoms with Crippen LogP contribution in [-0.2, 0) is 17.8 Å². The zero-order chi connectivity index (χ0) is 13.7. The number of carbonyl (C=O) groups excluding carboxylic acids is 1. The van der Waals surface area contributed by atoms with E-state index in [1.54, 1.807) is 6.92 Å². The Morgan fingerprint density at radius 3 is 2.47 bits per heavy atom. The standard InChI is InChI=1S/C17H18O2/c1-13(18)11-16-9-6-10-17(14(16)2)19-12-15-7-4-3-5-8-15/h3-10H,11-12H2,1-2H3. The van der Waals surface area contributed by atoms with Crippen LogP contribution in [0.25, 0.3) is 0 Å². The summed E-state index contributed by atoms with van der Waals surface area (Å²) in [5.41, 5.74) is 3.23. The molecular weight excluding hydrogens is 236 g/mol. The molecule has 0 N–H and O–H groups in total. The number of rotatable bonds is 5. The third-order valence-electron chi connectivity index (χ3n) is 3.07. The molecule has 0 spiro atoms. The highest BCUT2D eigenvalue weighted by molar-refractivity contribution is 5.78. The molecule has 2 rings (SSSR count). The van der Waals surface area contributed by atoms with E-state index in [0.29, 0.717) is 13.0 Å². The van der Waals surface area contributed by atoms with E-state index in [4.69, 9.17) is 4.74 Å². The highest BCUT2D eigenvalue weighted by Crippen LogP contribution is 2.23. The molecule has 0 heterocycles. The van der Waals surface area contributed by atoms with Crippen molar-refractivity contribution in [3.05, 3.63) is 65.2 Å². The van der Waals surface area contributed by atoms with Crippen LogP contribution in [0.3, 0.4) is 0 Å². The number of hydrogen-bond donors (Lipinski definition) is 0. The molecule has 0 aliphatic heterocycles. The van der Waals surface area contributed by atoms with Crippen molar-refractivity contribution in [3.63, 3.8) is 0 Å². The van der Waals surface area contributed by atoms with Crippen molar-refractivity contribution < 1.29 is 9.53 Å². The largest absolute Gasteiger partial charge is 0.489 e. The van der Waals surface area contributed by atoms with Crippen molar-refractivity contribution in [2.75, 3.05) is 0 Å². The van der Waals surface area contributed by atoms with Gasteiger partial charge in [0.1, 0.15) is 18.1 Å². The molecule has 0 atom stereocenters. The monoisotopic (exact) mass is 254 g/mol. The van der Waals surface area contributed by atoms with Gasteiger partial charge in [0, 0.05) is 6.42 Å². The van der Waals surface area contributed by atoms with Crippen LogP contribution in [-0.4, -0.2) is 5.78 Å². The minimum Gasteiger partial charge on any atom is -0.489 e. The second-order valence-corrected chi connectivity index (χ2v) is 4.69. The van der Waals surface area contributed by atoms with E-state index < -0.39 is 0 Å². The van der Waals surface area contributed by atoms with Gasteiger partial charge in [0.2, 0.25) is 0 Å². The lowest BCUT2D eigenvalue weighted by Gasteiger charge is -2.12. The van der Waals surface area contributed by atoms with Crippen molar-refractivity contribution in [1.82, 2.24) is 0 Å². The van der Waals surface area contributed by atoms with Crippen molar-refractivity contribution in [3.8, 4) is 5.75 Å². The summed E-state index contributed by atoms with van der Waals surface area (Å²) in [7, 11) is 0. The number of hydrogen-bond acceptors (Lipinski definition) is 2. The molecule has 0 fully saturated rings. The lowest BCUT2D eigenvalue weighted by molar-refractivity contribution is -0.116. The first kappa shape index (κ1) is 13.3. The summed E-state index contributed by atoms with van der Waals surface area (Å²) in [5.74, 6) is 1.02. The highest BCUT2D eigenvalue weighted by atomic mass is 16.5. The summed E-state index contributed by atoms with van der Waals surface area (Å²) < 4.78 is 5.83. The summed E-state index contributed by atoms with van der Waals surface area (Å²) in [6.45, 7) is 4.15. The fourth-order valence-electron chi connectivity index (χ4n) is 2.01. The maximum atomic E-state index is 11.2. The summed E-state index contributed by atoms with van der Waals surface area (Å²) in [6, 6.07) is 15.9. The van der Waals surface area contributed by atoms with E-state index in [-0.39, 0.29) is 5.78 Å². The quantitative estimate of drug-likeness (QED) is 0.813. The Labute approximate surface area is 114 Å². The summed E-state index contributed by atoms with van der Waals surface area (Å²) in [5, 5.41) is 0. The van der Waals surface area contributed by atoms with Crippen molar-refractivity contribution in [2.24, 2.45) is 0 Å². The Bertz CT molecular complexity index is 559. The minimum atomic E-state index is 0.170. The van der Waals surface area contributed by atoms with Gasteiger partial charge in [0.15, 0.2) is 0 Å². The van der Waals surface area contributed by atoms with E-state index in [1.807, 2.05) is 55.5 Å². The number of Topliss-reactive ketones (excluding diaryl/α,β-unsaturated/α-hetero) is 1. The summed E-state index contributed by atoms with van der Waals surface area (Å²) in [4.78, 5) is 11.2. The predicted octanol–water partition coefficient (Wildman–Crippen LogP) is 3.71. The van der Waals surface area contributed by atoms with E-state index in [1.165, 1.54) is 0 Å². The number of carbonyl (C=O) groups is 1. The first-order valence-electron chi connectivity index (χ1n) is 6.41. The van der Waals surface area contributed by atoms with Gasteiger partial charge in [-0.15, -0.1) is 0 Å². The number of benzene rings is 2. The van der Waals surface area contributed by atoms with Crippen LogP contribution in [0.4, 0.5) is 0 Å². The molecule has 0 saturated heterocycles. The minimum absolute atomic E-state index is 0.170. The van der Waals surface area contributed by atoms with Gasteiger partial charge in [-0.05, 0) is 36.6 Å². The van der Waals surface area contributed by atoms with Gasteiger partial charge in [-0.25, -0.2) is 0 Å². The third-order valence-corrected chi connectivity index (χ3v) is 3.07. The van der Waals surface area contributed by atoms with Crippen LogP contribution in [0.15, 0.2) is 48.5 Å². The molecule has 0 radical (unpaired) electrons. The Kier molecular flexibility index (Phi) is 4.35. The van der Waals surface area contributed by atoms with E-state index in [0.717, 1.165) is 22.4 Å². The second-order valence-electron chi connectivity index (χ2n) is 4.69. The number of ketones is 1. The topological polar surface area (TPSA) is 26.3 Å². The molecule has 0 bridgehead atoms. The zero-order valence-corrected chi connectivity index (χ0v) is 11.3. The molecule has 98 valence electrons. The van der Waals surface area contributed by atoms with Gasteiger partial charge in [0.25, 0.3) is 0 Å². The average Bonchev–Trinajstić information content (AvgIpc) is 2.40. The van der Waals surface area contributed by atoms with Gasteiger partial charge >= 0.3 is 0 Å². The predicted molar refractivity (Wildman–Crippen MR) is 76.3 cm³/mol. The third kappa shape index (κ3) is 3.68. The molecule has 2 heteroatoms. The molecule has 0 aliphatic rings. The van der Waals surface area contributed by atoms with Gasteiger partial charge in [-0.3, -0.25) is 4.79 Å². The molecule has 0 aromatic heterocycles. The normalized spacial score (nSPS) is 10.2. The van der Waals surface area contributed by atoms with Crippen molar-refractivity contribution >= 4 is 5.78 Å². The van der Waals surface area contributed by atoms with E-state index in [9.17, 15) is 4.79 Å². The molecule has 2 nitrogen and oxygen atoms in total. The molecule has 2 aromatic rings. The first-order chi connectivity index (χ1) is 9.16. The lowest BCUT2D eigenvalue weighted by atomic mass is 10.0. The molecule has 0 saturated carbocycles. The summed E-state index contributed by atoms with van der Waals surface area (Å²) in [6.07, 6.45) is 0.467. The van der Waals surface area contributed by atoms with Crippen LogP contribution >= 0.6 is 0 Å². The maximum absolute atomic E-state index is 11.2. The fourth-order valence-corrected chi connectivity index (χ4v) is 2.01. The Hall–Kier alpha value is -2.09. The molecule has 2 aromatic carbocycles. The van der Waals surface area contributed by atoms with Crippen molar-refractivity contribution in [1.29, 1.82) is 0 Å². The molecule has 0 unspecified atom stereocenters. The molecule has 0 aliphatic carbocycles. The first-order valence-corrected chi connectivity index (χ1v) is 6.41. The second kappa shape index (κ2) is 6.19. The van der Waals surface area contributed by atoms with Crippen LogP contribution in [0, 0.1) is 6.92 Å². The van der Waals surface area contributed by atoms with Crippen LogP contribution < -0.4 is 4.74 Å². The van der Waals surface area contributed by atoms with Gasteiger partial charge in [-0.1, -0.05) is 42.5 Å². The highest BCUT2D eigenvalue weighted by Gasteiger charge is 2.07. The van der Waals surface area contributed by atoms with Gasteiger partial charge in [-0.2, -0.15) is 0 Å². The lowest BCUT2D eigenvalue weighted by Crippen LogP contribution is -2.02. The van der Waals surface area contributed by atoms with Gasteiger partial charge in [0.05, 0.1) is 0 Å². The van der Waals surface area contributed by atoms with Crippen LogP contribution in [0.2, 0.25) is 0 Å². The summed E-state index contributed by atoms with van der Waals surface area (Å²) >= 11 is 0. The maximum Gasteiger partial charge on any atom is 0.134 e. The van der Waals surface area contributed by atoms with E-state index >= 15 is 0 Å². The number of ether oxygens (including phenoxy) is 1. The van der Waals surface area contributed by atoms with Crippen molar-refractivity contribution in [2.45, 2.75) is 26.9 Å². The Morgan fingerprint density at radius 1 is 1.05 bits per heavy atom. The SMILES string of the molecule is CC(=O)Cc1cccc(OCc2ccccc2)c1C. The Morgan fingerprint density at radius 2 is 1.79 bits per heavy atom.